The molecule has 1 fully saturated rings. The fraction of sp³-hybridized carbons (Fsp3) is 0.846. The summed E-state index contributed by atoms with van der Waals surface area (Å²) in [4.78, 5) is 0. The molecule has 0 unspecified atom stereocenters. The minimum Gasteiger partial charge on any atom is -0.349 e. The van der Waals surface area contributed by atoms with Gasteiger partial charge in [0.2, 0.25) is 0 Å². The lowest BCUT2D eigenvalue weighted by Crippen LogP contribution is -2.46. The third kappa shape index (κ3) is 2.82. The van der Waals surface area contributed by atoms with Gasteiger partial charge in [-0.25, -0.2) is 0 Å². The SMILES string of the molecule is C[C@@H]1CC(C)(C)O[C@@H]([C@H]2CC=CCC2)O1. The van der Waals surface area contributed by atoms with Gasteiger partial charge in [-0.05, 0) is 40.0 Å². The molecule has 0 bridgehead atoms. The summed E-state index contributed by atoms with van der Waals surface area (Å²) in [5, 5.41) is 0. The predicted octanol–water partition coefficient (Wildman–Crippen LogP) is 3.27. The highest BCUT2D eigenvalue weighted by atomic mass is 16.7. The number of ether oxygens (including phenoxy) is 2. The van der Waals surface area contributed by atoms with Crippen molar-refractivity contribution >= 4 is 0 Å². The van der Waals surface area contributed by atoms with Gasteiger partial charge in [0.25, 0.3) is 0 Å². The fourth-order valence-corrected chi connectivity index (χ4v) is 2.63. The molecule has 2 aliphatic rings. The Hall–Kier alpha value is -0.340. The molecule has 0 saturated carbocycles. The van der Waals surface area contributed by atoms with Crippen LogP contribution in [-0.4, -0.2) is 18.0 Å². The molecule has 3 atom stereocenters. The van der Waals surface area contributed by atoms with E-state index in [1.165, 1.54) is 12.8 Å². The van der Waals surface area contributed by atoms with Crippen molar-refractivity contribution in [3.8, 4) is 0 Å². The van der Waals surface area contributed by atoms with Crippen LogP contribution in [-0.2, 0) is 9.47 Å². The average molecular weight is 210 g/mol. The Morgan fingerprint density at radius 1 is 1.27 bits per heavy atom. The number of rotatable bonds is 1. The van der Waals surface area contributed by atoms with E-state index in [9.17, 15) is 0 Å². The van der Waals surface area contributed by atoms with E-state index in [0.29, 0.717) is 12.0 Å². The van der Waals surface area contributed by atoms with Crippen LogP contribution in [0.4, 0.5) is 0 Å². The van der Waals surface area contributed by atoms with Crippen LogP contribution in [0.3, 0.4) is 0 Å². The Kier molecular flexibility index (Phi) is 3.17. The third-order valence-corrected chi connectivity index (χ3v) is 3.28. The lowest BCUT2D eigenvalue weighted by Gasteiger charge is -2.42. The van der Waals surface area contributed by atoms with Crippen LogP contribution in [0.2, 0.25) is 0 Å². The van der Waals surface area contributed by atoms with Gasteiger partial charge in [0.05, 0.1) is 11.7 Å². The van der Waals surface area contributed by atoms with Gasteiger partial charge in [-0.3, -0.25) is 0 Å². The lowest BCUT2D eigenvalue weighted by molar-refractivity contribution is -0.287. The molecular formula is C13H22O2. The summed E-state index contributed by atoms with van der Waals surface area (Å²) in [6.45, 7) is 6.48. The molecule has 1 aliphatic carbocycles. The van der Waals surface area contributed by atoms with E-state index in [4.69, 9.17) is 9.47 Å². The molecule has 15 heavy (non-hydrogen) atoms. The highest BCUT2D eigenvalue weighted by Gasteiger charge is 2.37. The van der Waals surface area contributed by atoms with E-state index < -0.39 is 0 Å². The molecule has 2 heteroatoms. The molecule has 2 nitrogen and oxygen atoms in total. The van der Waals surface area contributed by atoms with Crippen molar-refractivity contribution < 1.29 is 9.47 Å². The molecule has 0 aromatic carbocycles. The minimum absolute atomic E-state index is 0.00806. The van der Waals surface area contributed by atoms with Gasteiger partial charge in [-0.1, -0.05) is 12.2 Å². The van der Waals surface area contributed by atoms with Crippen molar-refractivity contribution in [3.63, 3.8) is 0 Å². The van der Waals surface area contributed by atoms with Gasteiger partial charge in [0.1, 0.15) is 0 Å². The lowest BCUT2D eigenvalue weighted by atomic mass is 9.91. The first-order valence-electron chi connectivity index (χ1n) is 6.05. The van der Waals surface area contributed by atoms with Crippen molar-refractivity contribution in [2.75, 3.05) is 0 Å². The number of hydrogen-bond acceptors (Lipinski definition) is 2. The highest BCUT2D eigenvalue weighted by molar-refractivity contribution is 4.92. The van der Waals surface area contributed by atoms with Gasteiger partial charge in [-0.15, -0.1) is 0 Å². The quantitative estimate of drug-likeness (QED) is 0.618. The Morgan fingerprint density at radius 2 is 2.07 bits per heavy atom. The molecule has 2 rings (SSSR count). The summed E-state index contributed by atoms with van der Waals surface area (Å²) in [5.41, 5.74) is -0.0243. The second-order valence-electron chi connectivity index (χ2n) is 5.44. The fourth-order valence-electron chi connectivity index (χ4n) is 2.63. The van der Waals surface area contributed by atoms with Crippen molar-refractivity contribution in [2.24, 2.45) is 5.92 Å². The van der Waals surface area contributed by atoms with Gasteiger partial charge < -0.3 is 9.47 Å². The predicted molar refractivity (Wildman–Crippen MR) is 60.6 cm³/mol. The highest BCUT2D eigenvalue weighted by Crippen LogP contribution is 2.34. The van der Waals surface area contributed by atoms with Gasteiger partial charge in [-0.2, -0.15) is 0 Å². The molecule has 0 N–H and O–H groups in total. The van der Waals surface area contributed by atoms with Crippen LogP contribution < -0.4 is 0 Å². The third-order valence-electron chi connectivity index (χ3n) is 3.28. The second-order valence-corrected chi connectivity index (χ2v) is 5.44. The average Bonchev–Trinajstić information content (AvgIpc) is 2.16. The van der Waals surface area contributed by atoms with Crippen LogP contribution in [0.25, 0.3) is 0 Å². The van der Waals surface area contributed by atoms with Crippen molar-refractivity contribution in [1.29, 1.82) is 0 Å². The first kappa shape index (κ1) is 11.2. The molecule has 1 heterocycles. The van der Waals surface area contributed by atoms with Gasteiger partial charge in [0, 0.05) is 12.3 Å². The van der Waals surface area contributed by atoms with E-state index in [1.54, 1.807) is 0 Å². The Morgan fingerprint density at radius 3 is 2.67 bits per heavy atom. The topological polar surface area (TPSA) is 18.5 Å². The Balaban J connectivity index is 1.99. The molecule has 0 aromatic rings. The first-order valence-corrected chi connectivity index (χ1v) is 6.05. The van der Waals surface area contributed by atoms with E-state index >= 15 is 0 Å². The normalized spacial score (nSPS) is 40.3. The Bertz CT molecular complexity index is 245. The monoisotopic (exact) mass is 210 g/mol. The van der Waals surface area contributed by atoms with E-state index in [0.717, 1.165) is 12.8 Å². The zero-order valence-corrected chi connectivity index (χ0v) is 10.0. The van der Waals surface area contributed by atoms with Crippen LogP contribution >= 0.6 is 0 Å². The van der Waals surface area contributed by atoms with Crippen LogP contribution in [0.15, 0.2) is 12.2 Å². The summed E-state index contributed by atoms with van der Waals surface area (Å²) < 4.78 is 11.9. The largest absolute Gasteiger partial charge is 0.349 e. The van der Waals surface area contributed by atoms with E-state index in [1.807, 2.05) is 0 Å². The summed E-state index contributed by atoms with van der Waals surface area (Å²) in [7, 11) is 0. The maximum atomic E-state index is 6.03. The second kappa shape index (κ2) is 4.26. The van der Waals surface area contributed by atoms with Crippen LogP contribution in [0.1, 0.15) is 46.5 Å². The summed E-state index contributed by atoms with van der Waals surface area (Å²) in [5.74, 6) is 0.553. The smallest absolute Gasteiger partial charge is 0.161 e. The maximum absolute atomic E-state index is 6.03. The van der Waals surface area contributed by atoms with E-state index in [2.05, 4.69) is 32.9 Å². The summed E-state index contributed by atoms with van der Waals surface area (Å²) in [6, 6.07) is 0. The van der Waals surface area contributed by atoms with Crippen molar-refractivity contribution in [3.05, 3.63) is 12.2 Å². The van der Waals surface area contributed by atoms with E-state index in [-0.39, 0.29) is 11.9 Å². The zero-order chi connectivity index (χ0) is 10.9. The molecule has 0 amide bonds. The molecule has 0 aromatic heterocycles. The molecule has 0 radical (unpaired) electrons. The molecule has 1 aliphatic heterocycles. The maximum Gasteiger partial charge on any atom is 0.161 e. The molecular weight excluding hydrogens is 188 g/mol. The zero-order valence-electron chi connectivity index (χ0n) is 10.0. The molecule has 0 spiro atoms. The standard InChI is InChI=1S/C13H22O2/c1-10-9-13(2,3)15-12(14-10)11-7-5-4-6-8-11/h4-5,10-12H,6-9H2,1-3H3/t10-,11+,12+/m1/s1. The van der Waals surface area contributed by atoms with Gasteiger partial charge in [0.15, 0.2) is 6.29 Å². The number of hydrogen-bond donors (Lipinski definition) is 0. The summed E-state index contributed by atoms with van der Waals surface area (Å²) in [6.07, 6.45) is 9.31. The van der Waals surface area contributed by atoms with Crippen molar-refractivity contribution in [1.82, 2.24) is 0 Å². The van der Waals surface area contributed by atoms with Crippen LogP contribution in [0, 0.1) is 5.92 Å². The minimum atomic E-state index is -0.0243. The molecule has 86 valence electrons. The Labute approximate surface area is 92.6 Å². The van der Waals surface area contributed by atoms with Crippen LogP contribution in [0.5, 0.6) is 0 Å². The van der Waals surface area contributed by atoms with Crippen molar-refractivity contribution in [2.45, 2.75) is 64.4 Å². The van der Waals surface area contributed by atoms with Gasteiger partial charge >= 0.3 is 0 Å². The number of allylic oxidation sites excluding steroid dienone is 2. The first-order chi connectivity index (χ1) is 7.07. The summed E-state index contributed by atoms with van der Waals surface area (Å²) >= 11 is 0. The molecule has 1 saturated heterocycles.